The molecule has 0 saturated carbocycles. The summed E-state index contributed by atoms with van der Waals surface area (Å²) in [7, 11) is 1.87. The fourth-order valence-electron chi connectivity index (χ4n) is 3.64. The number of hydrogen-bond acceptors (Lipinski definition) is 5. The van der Waals surface area contributed by atoms with Gasteiger partial charge in [-0.2, -0.15) is 10.2 Å². The van der Waals surface area contributed by atoms with Gasteiger partial charge in [0.05, 0.1) is 17.6 Å². The summed E-state index contributed by atoms with van der Waals surface area (Å²) in [6.45, 7) is 4.47. The molecule has 2 aromatic rings. The van der Waals surface area contributed by atoms with Gasteiger partial charge < -0.3 is 9.80 Å². The Hall–Kier alpha value is -2.44. The Balaban J connectivity index is 1.52. The zero-order chi connectivity index (χ0) is 16.0. The van der Waals surface area contributed by atoms with E-state index in [0.29, 0.717) is 6.42 Å². The number of amides is 1. The maximum atomic E-state index is 12.5. The van der Waals surface area contributed by atoms with Gasteiger partial charge in [-0.1, -0.05) is 0 Å². The molecule has 0 bridgehead atoms. The predicted molar refractivity (Wildman–Crippen MR) is 86.2 cm³/mol. The molecular formula is C16H20N6O. The van der Waals surface area contributed by atoms with Crippen LogP contribution in [0.4, 0.5) is 11.5 Å². The fraction of sp³-hybridized carbons (Fsp3) is 0.500. The van der Waals surface area contributed by atoms with E-state index in [0.717, 1.165) is 43.3 Å². The average Bonchev–Trinajstić information content (AvgIpc) is 3.20. The van der Waals surface area contributed by atoms with Crippen molar-refractivity contribution < 1.29 is 4.79 Å². The maximum Gasteiger partial charge on any atom is 0.227 e. The number of hydrogen-bond donors (Lipinski definition) is 0. The summed E-state index contributed by atoms with van der Waals surface area (Å²) < 4.78 is 1.73. The molecule has 1 spiro atoms. The molecule has 7 nitrogen and oxygen atoms in total. The predicted octanol–water partition coefficient (Wildman–Crippen LogP) is 1.15. The molecule has 4 rings (SSSR count). The first-order valence-corrected chi connectivity index (χ1v) is 7.89. The molecule has 2 saturated heterocycles. The lowest BCUT2D eigenvalue weighted by Crippen LogP contribution is -2.31. The number of rotatable bonds is 2. The molecule has 2 aromatic heterocycles. The van der Waals surface area contributed by atoms with Crippen molar-refractivity contribution in [2.45, 2.75) is 19.8 Å². The lowest BCUT2D eigenvalue weighted by atomic mass is 9.86. The van der Waals surface area contributed by atoms with Crippen molar-refractivity contribution in [2.24, 2.45) is 12.5 Å². The van der Waals surface area contributed by atoms with Crippen molar-refractivity contribution in [1.29, 1.82) is 0 Å². The molecule has 2 aliphatic heterocycles. The first-order valence-electron chi connectivity index (χ1n) is 7.89. The maximum absolute atomic E-state index is 12.5. The molecule has 4 heterocycles. The summed E-state index contributed by atoms with van der Waals surface area (Å²) in [4.78, 5) is 16.6. The topological polar surface area (TPSA) is 67.2 Å². The minimum atomic E-state index is 0.0134. The van der Waals surface area contributed by atoms with E-state index in [4.69, 9.17) is 0 Å². The van der Waals surface area contributed by atoms with Gasteiger partial charge in [0.25, 0.3) is 0 Å². The smallest absolute Gasteiger partial charge is 0.227 e. The van der Waals surface area contributed by atoms with Gasteiger partial charge >= 0.3 is 0 Å². The molecule has 0 aliphatic carbocycles. The minimum Gasteiger partial charge on any atom is -0.354 e. The largest absolute Gasteiger partial charge is 0.354 e. The summed E-state index contributed by atoms with van der Waals surface area (Å²) in [5.74, 6) is 1.09. The number of nitrogens with zero attached hydrogens (tertiary/aromatic N) is 6. The molecule has 1 atom stereocenters. The number of carbonyl (C=O) groups is 1. The third kappa shape index (κ3) is 2.46. The molecule has 1 unspecified atom stereocenters. The van der Waals surface area contributed by atoms with E-state index >= 15 is 0 Å². The van der Waals surface area contributed by atoms with Gasteiger partial charge in [0.2, 0.25) is 5.91 Å². The van der Waals surface area contributed by atoms with Crippen LogP contribution in [-0.2, 0) is 11.8 Å². The zero-order valence-corrected chi connectivity index (χ0v) is 13.4. The van der Waals surface area contributed by atoms with Gasteiger partial charge in [-0.05, 0) is 25.5 Å². The SMILES string of the molecule is Cc1ccc(N2CCC3(CC(=O)N(c4cnn(C)c4)C3)C2)nn1. The highest BCUT2D eigenvalue weighted by molar-refractivity contribution is 5.96. The van der Waals surface area contributed by atoms with Gasteiger partial charge in [-0.25, -0.2) is 0 Å². The molecule has 120 valence electrons. The van der Waals surface area contributed by atoms with E-state index in [1.165, 1.54) is 0 Å². The Labute approximate surface area is 134 Å². The van der Waals surface area contributed by atoms with Crippen LogP contribution < -0.4 is 9.80 Å². The number of anilines is 2. The number of carbonyl (C=O) groups excluding carboxylic acids is 1. The Kier molecular flexibility index (Phi) is 3.11. The third-order valence-electron chi connectivity index (χ3n) is 4.87. The highest BCUT2D eigenvalue weighted by Crippen LogP contribution is 2.42. The van der Waals surface area contributed by atoms with Crippen LogP contribution in [0.15, 0.2) is 24.5 Å². The molecule has 1 amide bonds. The van der Waals surface area contributed by atoms with Crippen molar-refractivity contribution in [2.75, 3.05) is 29.4 Å². The van der Waals surface area contributed by atoms with Crippen LogP contribution >= 0.6 is 0 Å². The summed E-state index contributed by atoms with van der Waals surface area (Å²) in [6.07, 6.45) is 5.26. The second kappa shape index (κ2) is 5.04. The highest BCUT2D eigenvalue weighted by Gasteiger charge is 2.48. The van der Waals surface area contributed by atoms with Crippen LogP contribution in [-0.4, -0.2) is 45.5 Å². The quantitative estimate of drug-likeness (QED) is 0.832. The van der Waals surface area contributed by atoms with E-state index in [1.54, 1.807) is 10.9 Å². The first-order chi connectivity index (χ1) is 11.0. The molecule has 2 fully saturated rings. The van der Waals surface area contributed by atoms with Crippen LogP contribution in [0.2, 0.25) is 0 Å². The molecule has 7 heteroatoms. The Morgan fingerprint density at radius 2 is 2.09 bits per heavy atom. The van der Waals surface area contributed by atoms with Crippen molar-refractivity contribution in [3.63, 3.8) is 0 Å². The average molecular weight is 312 g/mol. The van der Waals surface area contributed by atoms with E-state index in [-0.39, 0.29) is 11.3 Å². The third-order valence-corrected chi connectivity index (χ3v) is 4.87. The van der Waals surface area contributed by atoms with Gasteiger partial charge in [0.1, 0.15) is 0 Å². The van der Waals surface area contributed by atoms with E-state index in [1.807, 2.05) is 37.2 Å². The Bertz CT molecular complexity index is 739. The van der Waals surface area contributed by atoms with Crippen LogP contribution in [0.1, 0.15) is 18.5 Å². The molecular weight excluding hydrogens is 292 g/mol. The van der Waals surface area contributed by atoms with Gasteiger partial charge in [-0.15, -0.1) is 5.10 Å². The second-order valence-corrected chi connectivity index (χ2v) is 6.73. The van der Waals surface area contributed by atoms with Crippen molar-refractivity contribution in [1.82, 2.24) is 20.0 Å². The normalized spacial score (nSPS) is 24.2. The second-order valence-electron chi connectivity index (χ2n) is 6.73. The molecule has 0 N–H and O–H groups in total. The monoisotopic (exact) mass is 312 g/mol. The number of aryl methyl sites for hydroxylation is 2. The van der Waals surface area contributed by atoms with Crippen LogP contribution in [0.5, 0.6) is 0 Å². The fourth-order valence-corrected chi connectivity index (χ4v) is 3.64. The van der Waals surface area contributed by atoms with E-state index in [9.17, 15) is 4.79 Å². The first kappa shape index (κ1) is 14.2. The molecule has 2 aliphatic rings. The lowest BCUT2D eigenvalue weighted by Gasteiger charge is -2.24. The summed E-state index contributed by atoms with van der Waals surface area (Å²) in [5, 5.41) is 12.6. The van der Waals surface area contributed by atoms with Crippen molar-refractivity contribution in [3.05, 3.63) is 30.2 Å². The zero-order valence-electron chi connectivity index (χ0n) is 13.4. The minimum absolute atomic E-state index is 0.0134. The van der Waals surface area contributed by atoms with Gasteiger partial charge in [0.15, 0.2) is 5.82 Å². The standard InChI is InChI=1S/C16H20N6O/c1-12-3-4-14(19-18-12)21-6-5-16(10-21)7-15(23)22(11-16)13-8-17-20(2)9-13/h3-4,8-9H,5-7,10-11H2,1-2H3. The summed E-state index contributed by atoms with van der Waals surface area (Å²) in [6, 6.07) is 3.99. The van der Waals surface area contributed by atoms with Crippen LogP contribution in [0.3, 0.4) is 0 Å². The highest BCUT2D eigenvalue weighted by atomic mass is 16.2. The van der Waals surface area contributed by atoms with Crippen molar-refractivity contribution in [3.8, 4) is 0 Å². The van der Waals surface area contributed by atoms with Crippen LogP contribution in [0.25, 0.3) is 0 Å². The summed E-state index contributed by atoms with van der Waals surface area (Å²) in [5.41, 5.74) is 1.82. The van der Waals surface area contributed by atoms with Gasteiger partial charge in [0, 0.05) is 44.7 Å². The Morgan fingerprint density at radius 1 is 1.22 bits per heavy atom. The van der Waals surface area contributed by atoms with E-state index < -0.39 is 0 Å². The molecule has 23 heavy (non-hydrogen) atoms. The molecule has 0 radical (unpaired) electrons. The lowest BCUT2D eigenvalue weighted by molar-refractivity contribution is -0.117. The summed E-state index contributed by atoms with van der Waals surface area (Å²) >= 11 is 0. The number of aromatic nitrogens is 4. The Morgan fingerprint density at radius 3 is 2.78 bits per heavy atom. The van der Waals surface area contributed by atoms with Crippen molar-refractivity contribution >= 4 is 17.4 Å². The molecule has 0 aromatic carbocycles. The van der Waals surface area contributed by atoms with Gasteiger partial charge in [-0.3, -0.25) is 9.48 Å². The van der Waals surface area contributed by atoms with E-state index in [2.05, 4.69) is 20.2 Å². The van der Waals surface area contributed by atoms with Crippen LogP contribution in [0, 0.1) is 12.3 Å².